The zero-order chi connectivity index (χ0) is 14.7. The van der Waals surface area contributed by atoms with Gasteiger partial charge in [0.25, 0.3) is 0 Å². The van der Waals surface area contributed by atoms with Crippen LogP contribution in [0.25, 0.3) is 0 Å². The van der Waals surface area contributed by atoms with Crippen LogP contribution in [0.5, 0.6) is 0 Å². The molecule has 0 amide bonds. The van der Waals surface area contributed by atoms with E-state index in [9.17, 15) is 0 Å². The van der Waals surface area contributed by atoms with Crippen LogP contribution in [0.2, 0.25) is 0 Å². The van der Waals surface area contributed by atoms with Crippen molar-refractivity contribution in [3.05, 3.63) is 44.3 Å². The standard InChI is InChI=1S/C17H24N2S2/c1-13(2)19(11-16-4-3-9-20-16)12-17-8-7-15(21-17)10-18-14-5-6-14/h3-4,7-9,13-14,18H,5-6,10-12H2,1-2H3. The molecule has 0 saturated heterocycles. The first-order valence-corrected chi connectivity index (χ1v) is 9.47. The van der Waals surface area contributed by atoms with E-state index < -0.39 is 0 Å². The van der Waals surface area contributed by atoms with E-state index in [1.165, 1.54) is 27.5 Å². The quantitative estimate of drug-likeness (QED) is 0.772. The lowest BCUT2D eigenvalue weighted by molar-refractivity contribution is 0.207. The van der Waals surface area contributed by atoms with Crippen LogP contribution < -0.4 is 5.32 Å². The normalized spacial score (nSPS) is 15.2. The SMILES string of the molecule is CC(C)N(Cc1cccs1)Cc1ccc(CNC2CC2)s1. The van der Waals surface area contributed by atoms with Crippen molar-refractivity contribution < 1.29 is 0 Å². The second kappa shape index (κ2) is 7.05. The van der Waals surface area contributed by atoms with Gasteiger partial charge in [-0.25, -0.2) is 0 Å². The van der Waals surface area contributed by atoms with E-state index in [1.807, 2.05) is 22.7 Å². The van der Waals surface area contributed by atoms with Gasteiger partial charge in [0.15, 0.2) is 0 Å². The molecule has 0 spiro atoms. The molecule has 2 heterocycles. The van der Waals surface area contributed by atoms with Crippen molar-refractivity contribution in [3.8, 4) is 0 Å². The monoisotopic (exact) mass is 320 g/mol. The Morgan fingerprint density at radius 1 is 1.14 bits per heavy atom. The fourth-order valence-corrected chi connectivity index (χ4v) is 4.08. The highest BCUT2D eigenvalue weighted by Crippen LogP contribution is 2.24. The van der Waals surface area contributed by atoms with Crippen LogP contribution in [0.1, 0.15) is 41.3 Å². The van der Waals surface area contributed by atoms with Gasteiger partial charge in [-0.05, 0) is 50.3 Å². The average Bonchev–Trinajstić information content (AvgIpc) is 2.96. The van der Waals surface area contributed by atoms with Crippen molar-refractivity contribution >= 4 is 22.7 Å². The third-order valence-electron chi connectivity index (χ3n) is 3.89. The van der Waals surface area contributed by atoms with Crippen LogP contribution in [0.15, 0.2) is 29.6 Å². The molecule has 1 aliphatic rings. The number of nitrogens with zero attached hydrogens (tertiary/aromatic N) is 1. The van der Waals surface area contributed by atoms with Crippen molar-refractivity contribution in [2.24, 2.45) is 0 Å². The Balaban J connectivity index is 1.56. The Hall–Kier alpha value is -0.680. The number of rotatable bonds is 8. The van der Waals surface area contributed by atoms with E-state index in [-0.39, 0.29) is 0 Å². The van der Waals surface area contributed by atoms with Crippen LogP contribution >= 0.6 is 22.7 Å². The van der Waals surface area contributed by atoms with Crippen LogP contribution in [0.3, 0.4) is 0 Å². The minimum atomic E-state index is 0.572. The van der Waals surface area contributed by atoms with Crippen LogP contribution in [0, 0.1) is 0 Å². The van der Waals surface area contributed by atoms with Crippen LogP contribution in [0.4, 0.5) is 0 Å². The van der Waals surface area contributed by atoms with Gasteiger partial charge in [-0.1, -0.05) is 6.07 Å². The zero-order valence-corrected chi connectivity index (χ0v) is 14.5. The summed E-state index contributed by atoms with van der Waals surface area (Å²) in [6, 6.07) is 10.3. The Morgan fingerprint density at radius 3 is 2.57 bits per heavy atom. The summed E-state index contributed by atoms with van der Waals surface area (Å²) < 4.78 is 0. The van der Waals surface area contributed by atoms with Gasteiger partial charge in [0, 0.05) is 46.3 Å². The summed E-state index contributed by atoms with van der Waals surface area (Å²) >= 11 is 3.81. The van der Waals surface area contributed by atoms with Crippen molar-refractivity contribution in [2.45, 2.75) is 58.4 Å². The van der Waals surface area contributed by atoms with E-state index >= 15 is 0 Å². The predicted octanol–water partition coefficient (Wildman–Crippen LogP) is 4.47. The topological polar surface area (TPSA) is 15.3 Å². The summed E-state index contributed by atoms with van der Waals surface area (Å²) in [6.45, 7) is 7.74. The van der Waals surface area contributed by atoms with Gasteiger partial charge in [-0.15, -0.1) is 22.7 Å². The maximum Gasteiger partial charge on any atom is 0.0334 e. The lowest BCUT2D eigenvalue weighted by Crippen LogP contribution is -2.29. The molecule has 0 aromatic carbocycles. The second-order valence-corrected chi connectivity index (χ2v) is 8.39. The van der Waals surface area contributed by atoms with Gasteiger partial charge in [0.05, 0.1) is 0 Å². The Morgan fingerprint density at radius 2 is 1.90 bits per heavy atom. The van der Waals surface area contributed by atoms with E-state index in [0.29, 0.717) is 6.04 Å². The first-order chi connectivity index (χ1) is 10.2. The zero-order valence-electron chi connectivity index (χ0n) is 12.8. The summed E-state index contributed by atoms with van der Waals surface area (Å²) in [7, 11) is 0. The summed E-state index contributed by atoms with van der Waals surface area (Å²) in [6.07, 6.45) is 2.72. The van der Waals surface area contributed by atoms with Gasteiger partial charge in [-0.3, -0.25) is 4.90 Å². The molecule has 3 rings (SSSR count). The number of hydrogen-bond acceptors (Lipinski definition) is 4. The van der Waals surface area contributed by atoms with Crippen molar-refractivity contribution in [2.75, 3.05) is 0 Å². The Kier molecular flexibility index (Phi) is 5.11. The lowest BCUT2D eigenvalue weighted by Gasteiger charge is -2.25. The van der Waals surface area contributed by atoms with Gasteiger partial charge in [-0.2, -0.15) is 0 Å². The molecule has 1 N–H and O–H groups in total. The van der Waals surface area contributed by atoms with Gasteiger partial charge in [0.2, 0.25) is 0 Å². The molecule has 2 aromatic heterocycles. The third-order valence-corrected chi connectivity index (χ3v) is 5.82. The van der Waals surface area contributed by atoms with E-state index in [1.54, 1.807) is 0 Å². The maximum absolute atomic E-state index is 3.60. The van der Waals surface area contributed by atoms with Gasteiger partial charge < -0.3 is 5.32 Å². The van der Waals surface area contributed by atoms with E-state index in [0.717, 1.165) is 25.7 Å². The number of thiophene rings is 2. The average molecular weight is 321 g/mol. The fourth-order valence-electron chi connectivity index (χ4n) is 2.36. The molecule has 114 valence electrons. The highest BCUT2D eigenvalue weighted by atomic mass is 32.1. The minimum Gasteiger partial charge on any atom is -0.309 e. The molecule has 1 fully saturated rings. The van der Waals surface area contributed by atoms with Crippen molar-refractivity contribution in [1.29, 1.82) is 0 Å². The second-order valence-electron chi connectivity index (χ2n) is 6.10. The predicted molar refractivity (Wildman–Crippen MR) is 92.9 cm³/mol. The van der Waals surface area contributed by atoms with Gasteiger partial charge in [0.1, 0.15) is 0 Å². The molecule has 0 unspecified atom stereocenters. The van der Waals surface area contributed by atoms with Crippen LogP contribution in [-0.4, -0.2) is 17.0 Å². The molecule has 1 aliphatic carbocycles. The largest absolute Gasteiger partial charge is 0.309 e. The molecule has 2 nitrogen and oxygen atoms in total. The molecule has 1 saturated carbocycles. The van der Waals surface area contributed by atoms with Crippen molar-refractivity contribution in [1.82, 2.24) is 10.2 Å². The molecule has 2 aromatic rings. The Labute approximate surface area is 135 Å². The molecule has 4 heteroatoms. The third kappa shape index (κ3) is 4.65. The number of hydrogen-bond donors (Lipinski definition) is 1. The molecule has 0 bridgehead atoms. The number of nitrogens with one attached hydrogen (secondary N) is 1. The molecule has 0 atom stereocenters. The molecule has 21 heavy (non-hydrogen) atoms. The smallest absolute Gasteiger partial charge is 0.0334 e. The summed E-state index contributed by atoms with van der Waals surface area (Å²) in [5.74, 6) is 0. The fraction of sp³-hybridized carbons (Fsp3) is 0.529. The minimum absolute atomic E-state index is 0.572. The first kappa shape index (κ1) is 15.2. The summed E-state index contributed by atoms with van der Waals surface area (Å²) in [4.78, 5) is 6.95. The highest BCUT2D eigenvalue weighted by molar-refractivity contribution is 7.12. The highest BCUT2D eigenvalue weighted by Gasteiger charge is 2.20. The molecular formula is C17H24N2S2. The van der Waals surface area contributed by atoms with Crippen LogP contribution in [-0.2, 0) is 19.6 Å². The molecule has 0 radical (unpaired) electrons. The first-order valence-electron chi connectivity index (χ1n) is 7.78. The van der Waals surface area contributed by atoms with Gasteiger partial charge >= 0.3 is 0 Å². The summed E-state index contributed by atoms with van der Waals surface area (Å²) in [5, 5.41) is 5.76. The Bertz CT molecular complexity index is 541. The molecule has 0 aliphatic heterocycles. The summed E-state index contributed by atoms with van der Waals surface area (Å²) in [5.41, 5.74) is 0. The van der Waals surface area contributed by atoms with Crippen molar-refractivity contribution in [3.63, 3.8) is 0 Å². The lowest BCUT2D eigenvalue weighted by atomic mass is 10.3. The molecular weight excluding hydrogens is 296 g/mol. The van der Waals surface area contributed by atoms with E-state index in [2.05, 4.69) is 53.7 Å². The maximum atomic E-state index is 3.60. The van der Waals surface area contributed by atoms with E-state index in [4.69, 9.17) is 0 Å².